The Morgan fingerprint density at radius 3 is 2.88 bits per heavy atom. The van der Waals surface area contributed by atoms with Crippen molar-refractivity contribution < 1.29 is 18.3 Å². The summed E-state index contributed by atoms with van der Waals surface area (Å²) in [5.41, 5.74) is 4.47. The first-order chi connectivity index (χ1) is 12.5. The zero-order valence-corrected chi connectivity index (χ0v) is 15.1. The average Bonchev–Trinajstić information content (AvgIpc) is 3.25. The number of furan rings is 1. The predicted molar refractivity (Wildman–Crippen MR) is 98.3 cm³/mol. The van der Waals surface area contributed by atoms with E-state index in [0.29, 0.717) is 10.6 Å². The number of halogens is 1. The van der Waals surface area contributed by atoms with Crippen molar-refractivity contribution in [2.24, 2.45) is 5.10 Å². The van der Waals surface area contributed by atoms with Crippen LogP contribution in [0.2, 0.25) is 0 Å². The molecule has 26 heavy (non-hydrogen) atoms. The van der Waals surface area contributed by atoms with Crippen molar-refractivity contribution in [2.75, 3.05) is 0 Å². The number of carbonyl (C=O) groups is 1. The summed E-state index contributed by atoms with van der Waals surface area (Å²) >= 11 is 0.939. The minimum Gasteiger partial charge on any atom is -0.485 e. The summed E-state index contributed by atoms with van der Waals surface area (Å²) in [6.07, 6.45) is 1.37. The number of ether oxygens (including phenoxy) is 1. The van der Waals surface area contributed by atoms with Gasteiger partial charge in [0.2, 0.25) is 0 Å². The van der Waals surface area contributed by atoms with Crippen LogP contribution in [0.5, 0.6) is 5.75 Å². The number of nitrogens with one attached hydrogen (secondary N) is 1. The molecule has 3 aromatic rings. The molecule has 1 aromatic carbocycles. The molecule has 0 aliphatic rings. The van der Waals surface area contributed by atoms with E-state index >= 15 is 0 Å². The number of amides is 1. The van der Waals surface area contributed by atoms with E-state index in [1.165, 1.54) is 12.3 Å². The van der Waals surface area contributed by atoms with Gasteiger partial charge in [0.25, 0.3) is 0 Å². The highest BCUT2D eigenvalue weighted by Crippen LogP contribution is 2.21. The van der Waals surface area contributed by atoms with Crippen molar-refractivity contribution in [3.8, 4) is 5.75 Å². The second-order valence-electron chi connectivity index (χ2n) is 5.66. The number of hydrazone groups is 1. The van der Waals surface area contributed by atoms with Gasteiger partial charge in [-0.3, -0.25) is 4.79 Å². The zero-order chi connectivity index (χ0) is 18.5. The van der Waals surface area contributed by atoms with Crippen molar-refractivity contribution in [3.63, 3.8) is 0 Å². The van der Waals surface area contributed by atoms with Gasteiger partial charge in [-0.2, -0.15) is 9.49 Å². The van der Waals surface area contributed by atoms with Crippen molar-refractivity contribution in [1.29, 1.82) is 0 Å². The summed E-state index contributed by atoms with van der Waals surface area (Å²) in [4.78, 5) is 12.6. The molecule has 0 aliphatic heterocycles. The molecule has 1 N–H and O–H groups in total. The smallest absolute Gasteiger partial charge is 0.307 e. The van der Waals surface area contributed by atoms with Crippen molar-refractivity contribution in [1.82, 2.24) is 5.43 Å². The highest BCUT2D eigenvalue weighted by atomic mass is 32.1. The summed E-state index contributed by atoms with van der Waals surface area (Å²) in [5.74, 6) is 0.941. The third-order valence-electron chi connectivity index (χ3n) is 3.55. The van der Waals surface area contributed by atoms with E-state index in [-0.39, 0.29) is 17.5 Å². The highest BCUT2D eigenvalue weighted by molar-refractivity contribution is 7.12. The standard InChI is InChI=1S/C19H17FN2O3S/c1-12-3-4-13(2)17(9-12)24-11-14-5-7-16(25-14)19(23)22-21-10-15-6-8-18(20)26-15/h3-10H,11H2,1-2H3,(H,22,23). The number of carbonyl (C=O) groups excluding carboxylic acids is 1. The van der Waals surface area contributed by atoms with Crippen LogP contribution in [0.1, 0.15) is 32.3 Å². The fourth-order valence-electron chi connectivity index (χ4n) is 2.20. The monoisotopic (exact) mass is 372 g/mol. The Hall–Kier alpha value is -2.93. The predicted octanol–water partition coefficient (Wildman–Crippen LogP) is 4.44. The Bertz CT molecular complexity index is 946. The molecule has 0 unspecified atom stereocenters. The number of thiophene rings is 1. The first kappa shape index (κ1) is 17.9. The lowest BCUT2D eigenvalue weighted by molar-refractivity contribution is 0.0923. The van der Waals surface area contributed by atoms with Crippen LogP contribution in [-0.2, 0) is 6.61 Å². The van der Waals surface area contributed by atoms with Gasteiger partial charge in [-0.15, -0.1) is 11.3 Å². The molecule has 7 heteroatoms. The molecule has 134 valence electrons. The summed E-state index contributed by atoms with van der Waals surface area (Å²) < 4.78 is 24.1. The molecule has 0 fully saturated rings. The van der Waals surface area contributed by atoms with Crippen molar-refractivity contribution in [2.45, 2.75) is 20.5 Å². The molecule has 3 rings (SSSR count). The molecule has 1 amide bonds. The maximum Gasteiger partial charge on any atom is 0.307 e. The van der Waals surface area contributed by atoms with E-state index in [0.717, 1.165) is 28.2 Å². The number of hydrogen-bond donors (Lipinski definition) is 1. The fourth-order valence-corrected chi connectivity index (χ4v) is 2.80. The van der Waals surface area contributed by atoms with E-state index in [4.69, 9.17) is 9.15 Å². The first-order valence-electron chi connectivity index (χ1n) is 7.89. The van der Waals surface area contributed by atoms with Gasteiger partial charge in [0.15, 0.2) is 10.9 Å². The molecule has 0 radical (unpaired) electrons. The van der Waals surface area contributed by atoms with Crippen LogP contribution in [0.3, 0.4) is 0 Å². The summed E-state index contributed by atoms with van der Waals surface area (Å²) in [5, 5.41) is 3.48. The Morgan fingerprint density at radius 1 is 1.27 bits per heavy atom. The maximum atomic E-state index is 12.9. The van der Waals surface area contributed by atoms with Crippen LogP contribution in [-0.4, -0.2) is 12.1 Å². The Balaban J connectivity index is 1.56. The first-order valence-corrected chi connectivity index (χ1v) is 8.70. The van der Waals surface area contributed by atoms with Crippen LogP contribution in [0.4, 0.5) is 4.39 Å². The largest absolute Gasteiger partial charge is 0.485 e. The molecule has 0 bridgehead atoms. The number of benzene rings is 1. The van der Waals surface area contributed by atoms with Gasteiger partial charge in [-0.1, -0.05) is 12.1 Å². The molecule has 5 nitrogen and oxygen atoms in total. The second-order valence-corrected chi connectivity index (χ2v) is 6.73. The van der Waals surface area contributed by atoms with Gasteiger partial charge in [-0.05, 0) is 55.3 Å². The lowest BCUT2D eigenvalue weighted by Crippen LogP contribution is -2.16. The third kappa shape index (κ3) is 4.58. The van der Waals surface area contributed by atoms with Crippen molar-refractivity contribution in [3.05, 3.63) is 75.1 Å². The van der Waals surface area contributed by atoms with Crippen LogP contribution in [0.25, 0.3) is 0 Å². The van der Waals surface area contributed by atoms with Gasteiger partial charge in [-0.25, -0.2) is 5.43 Å². The minimum atomic E-state index is -0.490. The normalized spacial score (nSPS) is 11.0. The fraction of sp³-hybridized carbons (Fsp3) is 0.158. The third-order valence-corrected chi connectivity index (χ3v) is 4.36. The SMILES string of the molecule is Cc1ccc(C)c(OCc2ccc(C(=O)NN=Cc3ccc(F)s3)o2)c1. The van der Waals surface area contributed by atoms with Gasteiger partial charge >= 0.3 is 5.91 Å². The number of nitrogens with zero attached hydrogens (tertiary/aromatic N) is 1. The van der Waals surface area contributed by atoms with E-state index in [2.05, 4.69) is 10.5 Å². The van der Waals surface area contributed by atoms with E-state index in [9.17, 15) is 9.18 Å². The molecular weight excluding hydrogens is 355 g/mol. The van der Waals surface area contributed by atoms with Gasteiger partial charge in [0.1, 0.15) is 18.1 Å². The zero-order valence-electron chi connectivity index (χ0n) is 14.3. The maximum absolute atomic E-state index is 12.9. The molecule has 2 heterocycles. The molecule has 0 spiro atoms. The Kier molecular flexibility index (Phi) is 5.48. The lowest BCUT2D eigenvalue weighted by Gasteiger charge is -2.08. The van der Waals surface area contributed by atoms with Crippen LogP contribution in [0.15, 0.2) is 52.0 Å². The molecule has 0 saturated carbocycles. The van der Waals surface area contributed by atoms with Gasteiger partial charge in [0, 0.05) is 0 Å². The molecule has 0 aliphatic carbocycles. The molecule has 0 saturated heterocycles. The summed E-state index contributed by atoms with van der Waals surface area (Å²) in [6, 6.07) is 12.1. The van der Waals surface area contributed by atoms with E-state index in [1.807, 2.05) is 32.0 Å². The van der Waals surface area contributed by atoms with Crippen LogP contribution in [0, 0.1) is 19.0 Å². The Morgan fingerprint density at radius 2 is 2.12 bits per heavy atom. The number of aryl methyl sites for hydroxylation is 2. The quantitative estimate of drug-likeness (QED) is 0.514. The topological polar surface area (TPSA) is 63.8 Å². The molecule has 0 atom stereocenters. The Labute approximate surface area is 154 Å². The van der Waals surface area contributed by atoms with Crippen LogP contribution < -0.4 is 10.2 Å². The minimum absolute atomic E-state index is 0.124. The number of hydrogen-bond acceptors (Lipinski definition) is 5. The van der Waals surface area contributed by atoms with Gasteiger partial charge in [0.05, 0.1) is 11.1 Å². The van der Waals surface area contributed by atoms with Crippen molar-refractivity contribution >= 4 is 23.5 Å². The highest BCUT2D eigenvalue weighted by Gasteiger charge is 2.11. The molecule has 2 aromatic heterocycles. The summed E-state index contributed by atoms with van der Waals surface area (Å²) in [7, 11) is 0. The van der Waals surface area contributed by atoms with E-state index < -0.39 is 5.91 Å². The molecular formula is C19H17FN2O3S. The average molecular weight is 372 g/mol. The second kappa shape index (κ2) is 7.97. The van der Waals surface area contributed by atoms with E-state index in [1.54, 1.807) is 18.2 Å². The number of rotatable bonds is 6. The lowest BCUT2D eigenvalue weighted by atomic mass is 10.1. The van der Waals surface area contributed by atoms with Crippen LogP contribution >= 0.6 is 11.3 Å². The van der Waals surface area contributed by atoms with Gasteiger partial charge < -0.3 is 9.15 Å². The summed E-state index contributed by atoms with van der Waals surface area (Å²) in [6.45, 7) is 4.18.